The fraction of sp³-hybridized carbons (Fsp3) is 0.727. The lowest BCUT2D eigenvalue weighted by atomic mass is 10.2. The lowest BCUT2D eigenvalue weighted by Crippen LogP contribution is -2.36. The van der Waals surface area contributed by atoms with E-state index in [1.807, 2.05) is 6.08 Å². The smallest absolute Gasteiger partial charge is 0.333 e. The predicted octanol–water partition coefficient (Wildman–Crippen LogP) is 0.828. The Morgan fingerprint density at radius 2 is 2.13 bits per heavy atom. The highest BCUT2D eigenvalue weighted by Gasteiger charge is 2.09. The molecule has 0 amide bonds. The van der Waals surface area contributed by atoms with Crippen LogP contribution < -0.4 is 0 Å². The number of carbonyl (C=O) groups excluding carboxylic acids is 1. The van der Waals surface area contributed by atoms with Crippen molar-refractivity contribution in [2.45, 2.75) is 13.3 Å². The van der Waals surface area contributed by atoms with Gasteiger partial charge in [0.15, 0.2) is 0 Å². The third-order valence-electron chi connectivity index (χ3n) is 2.51. The molecule has 1 fully saturated rings. The van der Waals surface area contributed by atoms with Crippen molar-refractivity contribution in [2.75, 3.05) is 40.0 Å². The van der Waals surface area contributed by atoms with Gasteiger partial charge in [-0.3, -0.25) is 4.90 Å². The Balaban J connectivity index is 2.21. The van der Waals surface area contributed by atoms with Crippen LogP contribution in [0.2, 0.25) is 0 Å². The van der Waals surface area contributed by atoms with Gasteiger partial charge in [-0.2, -0.15) is 0 Å². The predicted molar refractivity (Wildman–Crippen MR) is 57.6 cm³/mol. The summed E-state index contributed by atoms with van der Waals surface area (Å²) in [5.74, 6) is -0.239. The summed E-state index contributed by atoms with van der Waals surface area (Å²) in [6, 6.07) is 0. The minimum atomic E-state index is -0.239. The third-order valence-corrected chi connectivity index (χ3v) is 2.51. The zero-order valence-electron chi connectivity index (χ0n) is 9.49. The van der Waals surface area contributed by atoms with Gasteiger partial charge < -0.3 is 9.47 Å². The van der Waals surface area contributed by atoms with Crippen LogP contribution in [0.4, 0.5) is 0 Å². The number of carbonyl (C=O) groups is 1. The van der Waals surface area contributed by atoms with Crippen molar-refractivity contribution in [1.82, 2.24) is 4.90 Å². The van der Waals surface area contributed by atoms with E-state index in [4.69, 9.17) is 4.74 Å². The lowest BCUT2D eigenvalue weighted by Gasteiger charge is -2.25. The average molecular weight is 213 g/mol. The molecule has 0 aliphatic carbocycles. The summed E-state index contributed by atoms with van der Waals surface area (Å²) in [6.07, 6.45) is 2.82. The van der Waals surface area contributed by atoms with Gasteiger partial charge in [0.1, 0.15) is 0 Å². The van der Waals surface area contributed by atoms with Crippen molar-refractivity contribution in [3.05, 3.63) is 11.6 Å². The topological polar surface area (TPSA) is 38.8 Å². The Morgan fingerprint density at radius 3 is 2.73 bits per heavy atom. The standard InChI is InChI=1S/C11H19NO3/c1-10(11(13)14-2)4-3-5-12-6-8-15-9-7-12/h4H,3,5-9H2,1-2H3. The Bertz CT molecular complexity index is 232. The summed E-state index contributed by atoms with van der Waals surface area (Å²) in [4.78, 5) is 13.4. The fourth-order valence-corrected chi connectivity index (χ4v) is 1.53. The Labute approximate surface area is 90.8 Å². The summed E-state index contributed by atoms with van der Waals surface area (Å²) in [6.45, 7) is 6.39. The van der Waals surface area contributed by atoms with Crippen molar-refractivity contribution in [3.8, 4) is 0 Å². The molecular formula is C11H19NO3. The Hall–Kier alpha value is -0.870. The number of morpholine rings is 1. The zero-order chi connectivity index (χ0) is 11.1. The van der Waals surface area contributed by atoms with Gasteiger partial charge in [0.25, 0.3) is 0 Å². The molecule has 0 unspecified atom stereocenters. The third kappa shape index (κ3) is 4.44. The van der Waals surface area contributed by atoms with Crippen LogP contribution >= 0.6 is 0 Å². The SMILES string of the molecule is COC(=O)C(C)=CCCN1CCOCC1. The highest BCUT2D eigenvalue weighted by molar-refractivity contribution is 5.87. The molecule has 15 heavy (non-hydrogen) atoms. The molecule has 0 spiro atoms. The van der Waals surface area contributed by atoms with Crippen LogP contribution in [0.3, 0.4) is 0 Å². The maximum atomic E-state index is 11.1. The minimum Gasteiger partial charge on any atom is -0.466 e. The molecule has 1 rings (SSSR count). The van der Waals surface area contributed by atoms with Crippen LogP contribution in [0.1, 0.15) is 13.3 Å². The zero-order valence-corrected chi connectivity index (χ0v) is 9.49. The molecule has 0 bridgehead atoms. The van der Waals surface area contributed by atoms with Crippen molar-refractivity contribution in [2.24, 2.45) is 0 Å². The average Bonchev–Trinajstić information content (AvgIpc) is 2.29. The number of rotatable bonds is 4. The first kappa shape index (κ1) is 12.2. The van der Waals surface area contributed by atoms with Crippen molar-refractivity contribution in [3.63, 3.8) is 0 Å². The molecular weight excluding hydrogens is 194 g/mol. The molecule has 0 N–H and O–H groups in total. The van der Waals surface area contributed by atoms with Gasteiger partial charge in [0, 0.05) is 25.2 Å². The van der Waals surface area contributed by atoms with Crippen LogP contribution in [-0.2, 0) is 14.3 Å². The summed E-state index contributed by atoms with van der Waals surface area (Å²) >= 11 is 0. The number of hydrogen-bond donors (Lipinski definition) is 0. The number of nitrogens with zero attached hydrogens (tertiary/aromatic N) is 1. The van der Waals surface area contributed by atoms with Gasteiger partial charge in [0.2, 0.25) is 0 Å². The van der Waals surface area contributed by atoms with Gasteiger partial charge in [0.05, 0.1) is 20.3 Å². The molecule has 0 atom stereocenters. The van der Waals surface area contributed by atoms with E-state index in [1.165, 1.54) is 7.11 Å². The van der Waals surface area contributed by atoms with Crippen molar-refractivity contribution < 1.29 is 14.3 Å². The molecule has 1 aliphatic heterocycles. The summed E-state index contributed by atoms with van der Waals surface area (Å²) in [5.41, 5.74) is 0.686. The van der Waals surface area contributed by atoms with Crippen LogP contribution in [-0.4, -0.2) is 50.8 Å². The molecule has 4 heteroatoms. The van der Waals surface area contributed by atoms with E-state index in [9.17, 15) is 4.79 Å². The monoisotopic (exact) mass is 213 g/mol. The van der Waals surface area contributed by atoms with E-state index in [0.717, 1.165) is 39.3 Å². The van der Waals surface area contributed by atoms with Crippen molar-refractivity contribution >= 4 is 5.97 Å². The number of ether oxygens (including phenoxy) is 2. The lowest BCUT2D eigenvalue weighted by molar-refractivity contribution is -0.136. The second-order valence-corrected chi connectivity index (χ2v) is 3.62. The van der Waals surface area contributed by atoms with Gasteiger partial charge in [-0.05, 0) is 13.3 Å². The number of methoxy groups -OCH3 is 1. The number of esters is 1. The molecule has 0 saturated carbocycles. The second-order valence-electron chi connectivity index (χ2n) is 3.62. The van der Waals surface area contributed by atoms with E-state index in [1.54, 1.807) is 6.92 Å². The van der Waals surface area contributed by atoms with E-state index >= 15 is 0 Å². The van der Waals surface area contributed by atoms with Crippen LogP contribution in [0.15, 0.2) is 11.6 Å². The highest BCUT2D eigenvalue weighted by Crippen LogP contribution is 2.02. The van der Waals surface area contributed by atoms with E-state index in [0.29, 0.717) is 5.57 Å². The van der Waals surface area contributed by atoms with Crippen LogP contribution in [0, 0.1) is 0 Å². The maximum absolute atomic E-state index is 11.1. The van der Waals surface area contributed by atoms with Gasteiger partial charge in [-0.25, -0.2) is 4.79 Å². The largest absolute Gasteiger partial charge is 0.466 e. The molecule has 4 nitrogen and oxygen atoms in total. The van der Waals surface area contributed by atoms with Crippen molar-refractivity contribution in [1.29, 1.82) is 0 Å². The molecule has 0 radical (unpaired) electrons. The highest BCUT2D eigenvalue weighted by atomic mass is 16.5. The van der Waals surface area contributed by atoms with E-state index in [2.05, 4.69) is 9.64 Å². The normalized spacial score (nSPS) is 18.9. The first-order valence-electron chi connectivity index (χ1n) is 5.29. The van der Waals surface area contributed by atoms with E-state index < -0.39 is 0 Å². The van der Waals surface area contributed by atoms with Gasteiger partial charge in [-0.1, -0.05) is 6.08 Å². The Kier molecular flexibility index (Phi) is 5.36. The van der Waals surface area contributed by atoms with E-state index in [-0.39, 0.29) is 5.97 Å². The van der Waals surface area contributed by atoms with Gasteiger partial charge in [-0.15, -0.1) is 0 Å². The molecule has 1 saturated heterocycles. The molecule has 0 aromatic carbocycles. The summed E-state index contributed by atoms with van der Waals surface area (Å²) < 4.78 is 9.87. The summed E-state index contributed by atoms with van der Waals surface area (Å²) in [5, 5.41) is 0. The molecule has 1 heterocycles. The molecule has 0 aromatic heterocycles. The maximum Gasteiger partial charge on any atom is 0.333 e. The first-order chi connectivity index (χ1) is 7.24. The molecule has 0 aromatic rings. The first-order valence-corrected chi connectivity index (χ1v) is 5.29. The fourth-order valence-electron chi connectivity index (χ4n) is 1.53. The van der Waals surface area contributed by atoms with Crippen LogP contribution in [0.5, 0.6) is 0 Å². The second kappa shape index (κ2) is 6.58. The van der Waals surface area contributed by atoms with Gasteiger partial charge >= 0.3 is 5.97 Å². The summed E-state index contributed by atoms with van der Waals surface area (Å²) in [7, 11) is 1.40. The number of hydrogen-bond acceptors (Lipinski definition) is 4. The quantitative estimate of drug-likeness (QED) is 0.512. The van der Waals surface area contributed by atoms with Crippen LogP contribution in [0.25, 0.3) is 0 Å². The molecule has 86 valence electrons. The minimum absolute atomic E-state index is 0.239. The molecule has 1 aliphatic rings. The Morgan fingerprint density at radius 1 is 1.47 bits per heavy atom.